The van der Waals surface area contributed by atoms with Crippen LogP contribution in [0, 0.1) is 11.3 Å². The fourth-order valence-electron chi connectivity index (χ4n) is 2.46. The molecule has 0 saturated heterocycles. The normalized spacial score (nSPS) is 12.2. The summed E-state index contributed by atoms with van der Waals surface area (Å²) < 4.78 is 5.74. The molecule has 0 aliphatic rings. The number of nitrogens with zero attached hydrogens (tertiary/aromatic N) is 1. The number of halogens is 1. The lowest BCUT2D eigenvalue weighted by atomic mass is 10.1. The third-order valence-electron chi connectivity index (χ3n) is 4.18. The van der Waals surface area contributed by atoms with E-state index in [1.807, 2.05) is 51.1 Å². The predicted molar refractivity (Wildman–Crippen MR) is 110 cm³/mol. The first-order chi connectivity index (χ1) is 13.0. The molecule has 27 heavy (non-hydrogen) atoms. The van der Waals surface area contributed by atoms with Gasteiger partial charge >= 0.3 is 0 Å². The number of carbonyl (C=O) groups excluding carboxylic acids is 1. The minimum absolute atomic E-state index is 0.00701. The van der Waals surface area contributed by atoms with Crippen molar-refractivity contribution >= 4 is 29.3 Å². The summed E-state index contributed by atoms with van der Waals surface area (Å²) in [5.74, 6) is 0.137. The smallest absolute Gasteiger partial charge is 0.266 e. The first-order valence-electron chi connectivity index (χ1n) is 8.95. The average Bonchev–Trinajstić information content (AvgIpc) is 2.68. The van der Waals surface area contributed by atoms with Crippen LogP contribution in [0.1, 0.15) is 38.3 Å². The van der Waals surface area contributed by atoms with Crippen molar-refractivity contribution in [3.8, 4) is 11.8 Å². The van der Waals surface area contributed by atoms with Crippen LogP contribution in [0.5, 0.6) is 5.75 Å². The Morgan fingerprint density at radius 1 is 1.30 bits per heavy atom. The van der Waals surface area contributed by atoms with Crippen molar-refractivity contribution in [2.24, 2.45) is 0 Å². The van der Waals surface area contributed by atoms with E-state index in [9.17, 15) is 10.1 Å². The van der Waals surface area contributed by atoms with Crippen molar-refractivity contribution in [2.45, 2.75) is 39.7 Å². The van der Waals surface area contributed by atoms with Crippen LogP contribution in [0.15, 0.2) is 48.0 Å². The second kappa shape index (κ2) is 9.80. The van der Waals surface area contributed by atoms with Crippen molar-refractivity contribution in [3.63, 3.8) is 0 Å². The van der Waals surface area contributed by atoms with Crippen molar-refractivity contribution in [1.29, 1.82) is 5.26 Å². The maximum absolute atomic E-state index is 12.5. The molecule has 0 aliphatic carbocycles. The van der Waals surface area contributed by atoms with Gasteiger partial charge in [0, 0.05) is 5.69 Å². The zero-order valence-electron chi connectivity index (χ0n) is 15.8. The lowest BCUT2D eigenvalue weighted by molar-refractivity contribution is -0.112. The van der Waals surface area contributed by atoms with Crippen LogP contribution in [-0.4, -0.2) is 12.0 Å². The molecule has 2 rings (SSSR count). The van der Waals surface area contributed by atoms with E-state index < -0.39 is 5.91 Å². The molecule has 4 nitrogen and oxygen atoms in total. The number of carbonyl (C=O) groups is 1. The Balaban J connectivity index is 2.21. The summed E-state index contributed by atoms with van der Waals surface area (Å²) in [6.07, 6.45) is 3.23. The number of para-hydroxylation sites is 1. The van der Waals surface area contributed by atoms with E-state index in [-0.39, 0.29) is 11.7 Å². The summed E-state index contributed by atoms with van der Waals surface area (Å²) in [4.78, 5) is 12.5. The van der Waals surface area contributed by atoms with E-state index in [4.69, 9.17) is 16.3 Å². The molecule has 0 radical (unpaired) electrons. The number of anilines is 1. The molecule has 0 fully saturated rings. The Hall–Kier alpha value is -2.77. The highest BCUT2D eigenvalue weighted by atomic mass is 35.5. The van der Waals surface area contributed by atoms with E-state index in [0.29, 0.717) is 22.0 Å². The van der Waals surface area contributed by atoms with Gasteiger partial charge in [0.1, 0.15) is 17.4 Å². The summed E-state index contributed by atoms with van der Waals surface area (Å²) in [7, 11) is 0. The standard InChI is InChI=1S/C22H23ClN2O2/c1-4-15(3)27-21-11-10-16(13-19(21)23)12-18(14-24)22(26)25-20-9-7-6-8-17(20)5-2/h6-13,15H,4-5H2,1-3H3,(H,25,26)/b18-12-/t15-/m0/s1. The molecule has 140 valence electrons. The number of amides is 1. The summed E-state index contributed by atoms with van der Waals surface area (Å²) in [5, 5.41) is 12.6. The molecule has 0 bridgehead atoms. The third kappa shape index (κ3) is 5.60. The lowest BCUT2D eigenvalue weighted by Crippen LogP contribution is -2.14. The predicted octanol–water partition coefficient (Wildman–Crippen LogP) is 5.63. The van der Waals surface area contributed by atoms with Crippen molar-refractivity contribution in [3.05, 3.63) is 64.2 Å². The number of nitrogens with one attached hydrogen (secondary N) is 1. The van der Waals surface area contributed by atoms with Gasteiger partial charge in [-0.25, -0.2) is 0 Å². The Morgan fingerprint density at radius 2 is 2.04 bits per heavy atom. The highest BCUT2D eigenvalue weighted by Gasteiger charge is 2.12. The van der Waals surface area contributed by atoms with Gasteiger partial charge in [-0.05, 0) is 55.2 Å². The van der Waals surface area contributed by atoms with Gasteiger partial charge in [-0.3, -0.25) is 4.79 Å². The molecular weight excluding hydrogens is 360 g/mol. The minimum atomic E-state index is -0.450. The van der Waals surface area contributed by atoms with E-state index >= 15 is 0 Å². The maximum atomic E-state index is 12.5. The Bertz CT molecular complexity index is 884. The monoisotopic (exact) mass is 382 g/mol. The van der Waals surface area contributed by atoms with Crippen LogP contribution in [0.2, 0.25) is 5.02 Å². The Labute approximate surface area is 165 Å². The summed E-state index contributed by atoms with van der Waals surface area (Å²) in [6, 6.07) is 14.7. The zero-order valence-corrected chi connectivity index (χ0v) is 16.5. The number of hydrogen-bond donors (Lipinski definition) is 1. The molecule has 0 unspecified atom stereocenters. The summed E-state index contributed by atoms with van der Waals surface area (Å²) in [6.45, 7) is 6.01. The molecule has 0 spiro atoms. The van der Waals surface area contributed by atoms with E-state index in [0.717, 1.165) is 18.4 Å². The number of benzene rings is 2. The third-order valence-corrected chi connectivity index (χ3v) is 4.48. The van der Waals surface area contributed by atoms with Gasteiger partial charge in [-0.2, -0.15) is 5.26 Å². The molecule has 0 aromatic heterocycles. The molecule has 0 aliphatic heterocycles. The largest absolute Gasteiger partial charge is 0.489 e. The number of hydrogen-bond acceptors (Lipinski definition) is 3. The highest BCUT2D eigenvalue weighted by molar-refractivity contribution is 6.32. The molecule has 1 N–H and O–H groups in total. The molecular formula is C22H23ClN2O2. The van der Waals surface area contributed by atoms with Crippen LogP contribution in [0.25, 0.3) is 6.08 Å². The molecule has 1 atom stereocenters. The summed E-state index contributed by atoms with van der Waals surface area (Å²) >= 11 is 6.27. The van der Waals surface area contributed by atoms with Crippen LogP contribution < -0.4 is 10.1 Å². The van der Waals surface area contributed by atoms with E-state index in [1.54, 1.807) is 18.2 Å². The van der Waals surface area contributed by atoms with Gasteiger partial charge in [0.15, 0.2) is 0 Å². The zero-order chi connectivity index (χ0) is 19.8. The maximum Gasteiger partial charge on any atom is 0.266 e. The number of nitriles is 1. The minimum Gasteiger partial charge on any atom is -0.489 e. The fourth-order valence-corrected chi connectivity index (χ4v) is 2.69. The fraction of sp³-hybridized carbons (Fsp3) is 0.273. The second-order valence-corrected chi connectivity index (χ2v) is 6.57. The van der Waals surface area contributed by atoms with Crippen molar-refractivity contribution < 1.29 is 9.53 Å². The number of ether oxygens (including phenoxy) is 1. The van der Waals surface area contributed by atoms with Crippen LogP contribution >= 0.6 is 11.6 Å². The molecule has 0 saturated carbocycles. The SMILES string of the molecule is CCc1ccccc1NC(=O)/C(C#N)=C\c1ccc(O[C@@H](C)CC)c(Cl)c1. The van der Waals surface area contributed by atoms with Gasteiger partial charge in [0.2, 0.25) is 0 Å². The van der Waals surface area contributed by atoms with Gasteiger partial charge in [0.25, 0.3) is 5.91 Å². The van der Waals surface area contributed by atoms with Gasteiger partial charge < -0.3 is 10.1 Å². The molecule has 2 aromatic carbocycles. The Kier molecular flexibility index (Phi) is 7.45. The van der Waals surface area contributed by atoms with Crippen molar-refractivity contribution in [1.82, 2.24) is 0 Å². The molecule has 0 heterocycles. The van der Waals surface area contributed by atoms with Crippen LogP contribution in [0.3, 0.4) is 0 Å². The topological polar surface area (TPSA) is 62.1 Å². The Morgan fingerprint density at radius 3 is 2.67 bits per heavy atom. The number of rotatable bonds is 7. The quantitative estimate of drug-likeness (QED) is 0.499. The van der Waals surface area contributed by atoms with E-state index in [1.165, 1.54) is 6.08 Å². The lowest BCUT2D eigenvalue weighted by Gasteiger charge is -2.14. The first kappa shape index (κ1) is 20.5. The number of aryl methyl sites for hydroxylation is 1. The van der Waals surface area contributed by atoms with Gasteiger partial charge in [-0.1, -0.05) is 49.7 Å². The summed E-state index contributed by atoms with van der Waals surface area (Å²) in [5.41, 5.74) is 2.39. The first-order valence-corrected chi connectivity index (χ1v) is 9.33. The second-order valence-electron chi connectivity index (χ2n) is 6.16. The van der Waals surface area contributed by atoms with Gasteiger partial charge in [0.05, 0.1) is 11.1 Å². The van der Waals surface area contributed by atoms with Crippen molar-refractivity contribution in [2.75, 3.05) is 5.32 Å². The molecule has 5 heteroatoms. The van der Waals surface area contributed by atoms with Gasteiger partial charge in [-0.15, -0.1) is 0 Å². The highest BCUT2D eigenvalue weighted by Crippen LogP contribution is 2.28. The van der Waals surface area contributed by atoms with E-state index in [2.05, 4.69) is 5.32 Å². The van der Waals surface area contributed by atoms with Crippen LogP contribution in [0.4, 0.5) is 5.69 Å². The molecule has 1 amide bonds. The molecule has 2 aromatic rings. The van der Waals surface area contributed by atoms with Crippen LogP contribution in [-0.2, 0) is 11.2 Å². The average molecular weight is 383 g/mol.